The van der Waals surface area contributed by atoms with Crippen LogP contribution in [-0.2, 0) is 4.74 Å². The number of anilines is 1. The van der Waals surface area contributed by atoms with E-state index >= 15 is 0 Å². The van der Waals surface area contributed by atoms with E-state index in [-0.39, 0.29) is 19.3 Å². The monoisotopic (exact) mass is 374 g/mol. The van der Waals surface area contributed by atoms with Crippen molar-refractivity contribution in [2.45, 2.75) is 65.3 Å². The highest BCUT2D eigenvalue weighted by Crippen LogP contribution is 2.42. The van der Waals surface area contributed by atoms with Crippen LogP contribution in [0.1, 0.15) is 75.3 Å². The lowest BCUT2D eigenvalue weighted by Gasteiger charge is -2.30. The van der Waals surface area contributed by atoms with Crippen LogP contribution >= 0.6 is 0 Å². The van der Waals surface area contributed by atoms with E-state index in [1.807, 2.05) is 4.90 Å². The van der Waals surface area contributed by atoms with Crippen molar-refractivity contribution in [2.75, 3.05) is 31.6 Å². The van der Waals surface area contributed by atoms with Gasteiger partial charge in [0.2, 0.25) is 5.95 Å². The van der Waals surface area contributed by atoms with Crippen LogP contribution in [0.5, 0.6) is 0 Å². The number of ether oxygens (including phenoxy) is 1. The van der Waals surface area contributed by atoms with Crippen LogP contribution in [0.3, 0.4) is 0 Å². The van der Waals surface area contributed by atoms with Gasteiger partial charge in [0, 0.05) is 25.3 Å². The van der Waals surface area contributed by atoms with Gasteiger partial charge in [0.05, 0.1) is 24.5 Å². The Morgan fingerprint density at radius 1 is 1.22 bits per heavy atom. The molecule has 3 fully saturated rings. The van der Waals surface area contributed by atoms with Crippen molar-refractivity contribution >= 4 is 11.9 Å². The third kappa shape index (κ3) is 4.26. The van der Waals surface area contributed by atoms with E-state index in [0.29, 0.717) is 43.9 Å². The summed E-state index contributed by atoms with van der Waals surface area (Å²) in [6.45, 7) is 6.66. The minimum atomic E-state index is 0. The first-order valence-corrected chi connectivity index (χ1v) is 10.1. The molecule has 6 nitrogen and oxygen atoms in total. The van der Waals surface area contributed by atoms with Crippen molar-refractivity contribution in [3.8, 4) is 0 Å². The average Bonchev–Trinajstić information content (AvgIpc) is 3.06. The molecule has 0 radical (unpaired) electrons. The minimum absolute atomic E-state index is 0. The molecule has 2 bridgehead atoms. The molecule has 0 aromatic carbocycles. The van der Waals surface area contributed by atoms with E-state index in [9.17, 15) is 4.79 Å². The van der Waals surface area contributed by atoms with Gasteiger partial charge in [-0.1, -0.05) is 27.7 Å². The lowest BCUT2D eigenvalue weighted by atomic mass is 9.85. The van der Waals surface area contributed by atoms with Gasteiger partial charge in [0.1, 0.15) is 0 Å². The zero-order valence-corrected chi connectivity index (χ0v) is 15.9. The van der Waals surface area contributed by atoms with E-state index in [1.165, 1.54) is 32.1 Å². The van der Waals surface area contributed by atoms with Crippen LogP contribution in [0.15, 0.2) is 6.20 Å². The third-order valence-corrected chi connectivity index (χ3v) is 6.25. The van der Waals surface area contributed by atoms with Crippen molar-refractivity contribution in [3.63, 3.8) is 0 Å². The van der Waals surface area contributed by atoms with Gasteiger partial charge >= 0.3 is 0 Å². The van der Waals surface area contributed by atoms with Crippen molar-refractivity contribution in [1.29, 1.82) is 0 Å². The van der Waals surface area contributed by atoms with Crippen LogP contribution in [-0.4, -0.2) is 53.1 Å². The summed E-state index contributed by atoms with van der Waals surface area (Å²) in [4.78, 5) is 24.0. The number of nitrogens with one attached hydrogen (secondary N) is 1. The van der Waals surface area contributed by atoms with Crippen molar-refractivity contribution in [1.82, 2.24) is 14.9 Å². The van der Waals surface area contributed by atoms with Gasteiger partial charge < -0.3 is 15.0 Å². The molecule has 1 aromatic rings. The number of nitrogens with zero attached hydrogens (tertiary/aromatic N) is 3. The number of fused-ring (bicyclic) bond motifs is 2. The Balaban J connectivity index is 0.00000210. The van der Waals surface area contributed by atoms with Crippen LogP contribution < -0.4 is 5.32 Å². The molecule has 3 atom stereocenters. The molecule has 2 aliphatic carbocycles. The first kappa shape index (κ1) is 20.1. The van der Waals surface area contributed by atoms with E-state index in [2.05, 4.69) is 24.1 Å². The second-order valence-electron chi connectivity index (χ2n) is 8.32. The van der Waals surface area contributed by atoms with Gasteiger partial charge in [-0.25, -0.2) is 9.97 Å². The SMILES string of the molecule is C.CC(C)c1nc(N[C@@H]2CC[C@H]3CC[C@@H]2C3)ncc1C(=O)N1CCOCC1. The topological polar surface area (TPSA) is 67.4 Å². The quantitative estimate of drug-likeness (QED) is 0.870. The van der Waals surface area contributed by atoms with Crippen LogP contribution in [0.4, 0.5) is 5.95 Å². The van der Waals surface area contributed by atoms with Crippen LogP contribution in [0.25, 0.3) is 0 Å². The van der Waals surface area contributed by atoms with E-state index in [0.717, 1.165) is 17.5 Å². The number of rotatable bonds is 4. The summed E-state index contributed by atoms with van der Waals surface area (Å²) in [6.07, 6.45) is 8.31. The molecule has 2 saturated carbocycles. The largest absolute Gasteiger partial charge is 0.378 e. The predicted octanol–water partition coefficient (Wildman–Crippen LogP) is 3.70. The second kappa shape index (κ2) is 8.55. The number of hydrogen-bond acceptors (Lipinski definition) is 5. The predicted molar refractivity (Wildman–Crippen MR) is 107 cm³/mol. The molecule has 3 aliphatic rings. The normalized spacial score (nSPS) is 27.4. The van der Waals surface area contributed by atoms with Gasteiger partial charge in [0.15, 0.2) is 0 Å². The molecule has 1 N–H and O–H groups in total. The summed E-state index contributed by atoms with van der Waals surface area (Å²) in [6, 6.07) is 0.481. The molecular formula is C21H34N4O2. The summed E-state index contributed by atoms with van der Waals surface area (Å²) < 4.78 is 5.36. The molecule has 0 spiro atoms. The van der Waals surface area contributed by atoms with Crippen molar-refractivity contribution in [2.24, 2.45) is 11.8 Å². The molecule has 0 unspecified atom stereocenters. The first-order valence-electron chi connectivity index (χ1n) is 10.1. The molecule has 2 heterocycles. The number of aromatic nitrogens is 2. The lowest BCUT2D eigenvalue weighted by molar-refractivity contribution is 0.0301. The molecule has 1 aromatic heterocycles. The Morgan fingerprint density at radius 3 is 2.70 bits per heavy atom. The third-order valence-electron chi connectivity index (χ3n) is 6.25. The summed E-state index contributed by atoms with van der Waals surface area (Å²) in [5.74, 6) is 2.59. The van der Waals surface area contributed by atoms with Gasteiger partial charge in [0.25, 0.3) is 5.91 Å². The summed E-state index contributed by atoms with van der Waals surface area (Å²) in [5, 5.41) is 3.58. The highest BCUT2D eigenvalue weighted by molar-refractivity contribution is 5.95. The number of carbonyl (C=O) groups excluding carboxylic acids is 1. The standard InChI is InChI=1S/C20H30N4O2.CH4/c1-13(2)18-16(19(25)24-7-9-26-10-8-24)12-21-20(23-18)22-17-6-4-14-3-5-15(17)11-14;/h12-15,17H,3-11H2,1-2H3,(H,21,22,23);1H4/t14-,15-,17-;/m1./s1. The van der Waals surface area contributed by atoms with Gasteiger partial charge in [-0.05, 0) is 43.4 Å². The fourth-order valence-electron chi connectivity index (χ4n) is 4.75. The minimum Gasteiger partial charge on any atom is -0.378 e. The maximum atomic E-state index is 12.9. The molecule has 150 valence electrons. The molecule has 1 amide bonds. The molecule has 27 heavy (non-hydrogen) atoms. The van der Waals surface area contributed by atoms with E-state index in [4.69, 9.17) is 9.72 Å². The highest BCUT2D eigenvalue weighted by Gasteiger charge is 2.36. The Bertz CT molecular complexity index is 658. The molecule has 4 rings (SSSR count). The zero-order valence-electron chi connectivity index (χ0n) is 15.9. The Hall–Kier alpha value is -1.69. The van der Waals surface area contributed by atoms with Gasteiger partial charge in [-0.15, -0.1) is 0 Å². The first-order chi connectivity index (χ1) is 12.6. The van der Waals surface area contributed by atoms with E-state index in [1.54, 1.807) is 6.20 Å². The summed E-state index contributed by atoms with van der Waals surface area (Å²) in [7, 11) is 0. The molecular weight excluding hydrogens is 340 g/mol. The van der Waals surface area contributed by atoms with Crippen molar-refractivity contribution in [3.05, 3.63) is 17.5 Å². The molecule has 1 aliphatic heterocycles. The molecule has 6 heteroatoms. The highest BCUT2D eigenvalue weighted by atomic mass is 16.5. The zero-order chi connectivity index (χ0) is 18.1. The maximum Gasteiger partial charge on any atom is 0.257 e. The summed E-state index contributed by atoms with van der Waals surface area (Å²) >= 11 is 0. The second-order valence-corrected chi connectivity index (χ2v) is 8.32. The Kier molecular flexibility index (Phi) is 6.35. The van der Waals surface area contributed by atoms with Crippen molar-refractivity contribution < 1.29 is 9.53 Å². The smallest absolute Gasteiger partial charge is 0.257 e. The maximum absolute atomic E-state index is 12.9. The fourth-order valence-corrected chi connectivity index (χ4v) is 4.75. The Labute approximate surface area is 163 Å². The molecule has 1 saturated heterocycles. The lowest BCUT2D eigenvalue weighted by Crippen LogP contribution is -2.41. The Morgan fingerprint density at radius 2 is 1.96 bits per heavy atom. The van der Waals surface area contributed by atoms with Gasteiger partial charge in [-0.3, -0.25) is 4.79 Å². The number of carbonyl (C=O) groups is 1. The van der Waals surface area contributed by atoms with Gasteiger partial charge in [-0.2, -0.15) is 0 Å². The fraction of sp³-hybridized carbons (Fsp3) is 0.762. The van der Waals surface area contributed by atoms with Crippen LogP contribution in [0, 0.1) is 11.8 Å². The number of morpholine rings is 1. The summed E-state index contributed by atoms with van der Waals surface area (Å²) in [5.41, 5.74) is 1.48. The van der Waals surface area contributed by atoms with Crippen LogP contribution in [0.2, 0.25) is 0 Å². The van der Waals surface area contributed by atoms with E-state index < -0.39 is 0 Å². The number of hydrogen-bond donors (Lipinski definition) is 1. The number of amides is 1. The average molecular weight is 375 g/mol.